The molecule has 0 saturated heterocycles. The first-order valence-corrected chi connectivity index (χ1v) is 6.19. The molecule has 0 aliphatic rings. The van der Waals surface area contributed by atoms with Gasteiger partial charge in [-0.25, -0.2) is 4.39 Å². The van der Waals surface area contributed by atoms with Gasteiger partial charge in [0.15, 0.2) is 0 Å². The number of fused-ring (bicyclic) bond motifs is 1. The highest BCUT2D eigenvalue weighted by atomic mass is 19.1. The van der Waals surface area contributed by atoms with Crippen molar-refractivity contribution in [2.75, 3.05) is 0 Å². The molecule has 0 fully saturated rings. The number of hydrogen-bond donors (Lipinski definition) is 1. The van der Waals surface area contributed by atoms with Gasteiger partial charge in [0.2, 0.25) is 0 Å². The molecule has 2 N–H and O–H groups in total. The van der Waals surface area contributed by atoms with Crippen LogP contribution in [0.2, 0.25) is 0 Å². The summed E-state index contributed by atoms with van der Waals surface area (Å²) in [7, 11) is 0. The van der Waals surface area contributed by atoms with Crippen molar-refractivity contribution in [2.45, 2.75) is 18.9 Å². The van der Waals surface area contributed by atoms with Crippen molar-refractivity contribution in [3.05, 3.63) is 60.0 Å². The Morgan fingerprint density at radius 2 is 2.11 bits per heavy atom. The van der Waals surface area contributed by atoms with Crippen LogP contribution in [0.4, 0.5) is 4.39 Å². The summed E-state index contributed by atoms with van der Waals surface area (Å²) < 4.78 is 24.0. The predicted octanol–water partition coefficient (Wildman–Crippen LogP) is 3.80. The number of furan rings is 2. The summed E-state index contributed by atoms with van der Waals surface area (Å²) in [4.78, 5) is 0. The van der Waals surface area contributed by atoms with E-state index in [9.17, 15) is 4.39 Å². The van der Waals surface area contributed by atoms with Crippen LogP contribution in [0.3, 0.4) is 0 Å². The Morgan fingerprint density at radius 1 is 1.21 bits per heavy atom. The molecule has 0 aliphatic carbocycles. The van der Waals surface area contributed by atoms with Gasteiger partial charge in [-0.2, -0.15) is 0 Å². The lowest BCUT2D eigenvalue weighted by Gasteiger charge is -2.06. The van der Waals surface area contributed by atoms with E-state index in [2.05, 4.69) is 0 Å². The molecule has 1 atom stereocenters. The minimum Gasteiger partial charge on any atom is -0.469 e. The van der Waals surface area contributed by atoms with E-state index in [0.29, 0.717) is 11.3 Å². The minimum atomic E-state index is -0.274. The smallest absolute Gasteiger partial charge is 0.134 e. The van der Waals surface area contributed by atoms with Crippen LogP contribution >= 0.6 is 0 Å². The zero-order valence-electron chi connectivity index (χ0n) is 10.3. The van der Waals surface area contributed by atoms with E-state index in [1.54, 1.807) is 18.4 Å². The highest BCUT2D eigenvalue weighted by Gasteiger charge is 2.13. The van der Waals surface area contributed by atoms with Gasteiger partial charge in [-0.05, 0) is 42.8 Å². The monoisotopic (exact) mass is 259 g/mol. The third-order valence-electron chi connectivity index (χ3n) is 3.14. The van der Waals surface area contributed by atoms with Gasteiger partial charge in [-0.3, -0.25) is 0 Å². The topological polar surface area (TPSA) is 52.3 Å². The second kappa shape index (κ2) is 4.90. The van der Waals surface area contributed by atoms with Crippen LogP contribution in [-0.4, -0.2) is 0 Å². The van der Waals surface area contributed by atoms with Crippen LogP contribution in [0.25, 0.3) is 11.0 Å². The Bertz CT molecular complexity index is 673. The molecule has 0 saturated carbocycles. The summed E-state index contributed by atoms with van der Waals surface area (Å²) in [5.74, 6) is 1.30. The number of aryl methyl sites for hydroxylation is 1. The van der Waals surface area contributed by atoms with E-state index in [1.807, 2.05) is 12.1 Å². The molecule has 3 rings (SSSR count). The van der Waals surface area contributed by atoms with Crippen molar-refractivity contribution in [3.8, 4) is 0 Å². The van der Waals surface area contributed by atoms with Gasteiger partial charge in [0, 0.05) is 11.8 Å². The van der Waals surface area contributed by atoms with Crippen LogP contribution in [0.15, 0.2) is 51.5 Å². The van der Waals surface area contributed by atoms with Gasteiger partial charge >= 0.3 is 0 Å². The first-order chi connectivity index (χ1) is 9.22. The number of rotatable bonds is 4. The SMILES string of the molecule is NC(CCc1ccco1)c1cc2cc(F)ccc2o1. The van der Waals surface area contributed by atoms with Gasteiger partial charge in [0.05, 0.1) is 12.3 Å². The fraction of sp³-hybridized carbons (Fsp3) is 0.200. The van der Waals surface area contributed by atoms with Gasteiger partial charge in [0.1, 0.15) is 22.9 Å². The van der Waals surface area contributed by atoms with E-state index < -0.39 is 0 Å². The zero-order valence-corrected chi connectivity index (χ0v) is 10.3. The summed E-state index contributed by atoms with van der Waals surface area (Å²) in [5.41, 5.74) is 6.74. The average molecular weight is 259 g/mol. The van der Waals surface area contributed by atoms with Crippen molar-refractivity contribution >= 4 is 11.0 Å². The van der Waals surface area contributed by atoms with Crippen LogP contribution in [0.5, 0.6) is 0 Å². The second-order valence-electron chi connectivity index (χ2n) is 4.56. The number of hydrogen-bond acceptors (Lipinski definition) is 3. The summed E-state index contributed by atoms with van der Waals surface area (Å²) in [6.45, 7) is 0. The molecule has 3 aromatic rings. The van der Waals surface area contributed by atoms with Gasteiger partial charge in [-0.1, -0.05) is 0 Å². The standard InChI is InChI=1S/C15H14FNO2/c16-11-3-6-14-10(8-11)9-15(19-14)13(17)5-4-12-2-1-7-18-12/h1-3,6-9,13H,4-5,17H2. The lowest BCUT2D eigenvalue weighted by molar-refractivity contribution is 0.450. The molecular weight excluding hydrogens is 245 g/mol. The molecule has 4 heteroatoms. The largest absolute Gasteiger partial charge is 0.469 e. The van der Waals surface area contributed by atoms with Gasteiger partial charge < -0.3 is 14.6 Å². The highest BCUT2D eigenvalue weighted by Crippen LogP contribution is 2.25. The number of nitrogens with two attached hydrogens (primary N) is 1. The molecule has 2 aromatic heterocycles. The predicted molar refractivity (Wildman–Crippen MR) is 70.1 cm³/mol. The van der Waals surface area contributed by atoms with E-state index in [1.165, 1.54) is 12.1 Å². The Hall–Kier alpha value is -2.07. The molecule has 1 aromatic carbocycles. The molecule has 98 valence electrons. The summed E-state index contributed by atoms with van der Waals surface area (Å²) >= 11 is 0. The number of benzene rings is 1. The van der Waals surface area contributed by atoms with Crippen molar-refractivity contribution in [3.63, 3.8) is 0 Å². The molecular formula is C15H14FNO2. The average Bonchev–Trinajstić information content (AvgIpc) is 3.04. The van der Waals surface area contributed by atoms with E-state index in [0.717, 1.165) is 24.0 Å². The molecule has 0 bridgehead atoms. The van der Waals surface area contributed by atoms with Gasteiger partial charge in [0.25, 0.3) is 0 Å². The quantitative estimate of drug-likeness (QED) is 0.775. The molecule has 0 radical (unpaired) electrons. The first-order valence-electron chi connectivity index (χ1n) is 6.19. The van der Waals surface area contributed by atoms with Crippen LogP contribution in [-0.2, 0) is 6.42 Å². The molecule has 0 spiro atoms. The maximum atomic E-state index is 13.1. The van der Waals surface area contributed by atoms with E-state index in [-0.39, 0.29) is 11.9 Å². The Kier molecular flexibility index (Phi) is 3.09. The van der Waals surface area contributed by atoms with Crippen molar-refractivity contribution < 1.29 is 13.2 Å². The Balaban J connectivity index is 1.75. The Labute approximate surface area is 109 Å². The van der Waals surface area contributed by atoms with Crippen molar-refractivity contribution in [1.82, 2.24) is 0 Å². The highest BCUT2D eigenvalue weighted by molar-refractivity contribution is 5.77. The van der Waals surface area contributed by atoms with E-state index in [4.69, 9.17) is 14.6 Å². The molecule has 0 aliphatic heterocycles. The second-order valence-corrected chi connectivity index (χ2v) is 4.56. The van der Waals surface area contributed by atoms with Crippen LogP contribution in [0, 0.1) is 5.82 Å². The lowest BCUT2D eigenvalue weighted by atomic mass is 10.1. The van der Waals surface area contributed by atoms with Crippen molar-refractivity contribution in [2.24, 2.45) is 5.73 Å². The lowest BCUT2D eigenvalue weighted by Crippen LogP contribution is -2.10. The molecule has 0 amide bonds. The summed E-state index contributed by atoms with van der Waals surface area (Å²) in [6.07, 6.45) is 3.11. The molecule has 1 unspecified atom stereocenters. The summed E-state index contributed by atoms with van der Waals surface area (Å²) in [5, 5.41) is 0.739. The molecule has 2 heterocycles. The minimum absolute atomic E-state index is 0.222. The molecule has 3 nitrogen and oxygen atoms in total. The summed E-state index contributed by atoms with van der Waals surface area (Å²) in [6, 6.07) is 9.79. The number of halogens is 1. The fourth-order valence-corrected chi connectivity index (χ4v) is 2.11. The van der Waals surface area contributed by atoms with Gasteiger partial charge in [-0.15, -0.1) is 0 Å². The maximum absolute atomic E-state index is 13.1. The zero-order chi connectivity index (χ0) is 13.2. The molecule has 19 heavy (non-hydrogen) atoms. The van der Waals surface area contributed by atoms with Crippen LogP contribution < -0.4 is 5.73 Å². The fourth-order valence-electron chi connectivity index (χ4n) is 2.11. The third kappa shape index (κ3) is 2.53. The van der Waals surface area contributed by atoms with Crippen LogP contribution in [0.1, 0.15) is 24.0 Å². The Morgan fingerprint density at radius 3 is 2.89 bits per heavy atom. The van der Waals surface area contributed by atoms with E-state index >= 15 is 0 Å². The van der Waals surface area contributed by atoms with Crippen molar-refractivity contribution in [1.29, 1.82) is 0 Å². The first kappa shape index (κ1) is 12.0. The third-order valence-corrected chi connectivity index (χ3v) is 3.14. The maximum Gasteiger partial charge on any atom is 0.134 e. The normalized spacial score (nSPS) is 12.9.